The van der Waals surface area contributed by atoms with Crippen LogP contribution in [0.25, 0.3) is 33.4 Å². The topological polar surface area (TPSA) is 0 Å². The zero-order valence-corrected chi connectivity index (χ0v) is 26.8. The number of hydrogen-bond donors (Lipinski definition) is 0. The fraction of sp³-hybridized carbons (Fsp3) is 0.467. The van der Waals surface area contributed by atoms with Crippen molar-refractivity contribution in [1.29, 1.82) is 0 Å². The monoisotopic (exact) mass is 582 g/mol. The van der Waals surface area contributed by atoms with Crippen molar-refractivity contribution in [2.45, 2.75) is 135 Å². The van der Waals surface area contributed by atoms with E-state index in [1.165, 1.54) is 135 Å². The molecule has 0 nitrogen and oxygen atoms in total. The SMILES string of the molecule is C1Cc2c3c(c4c(c2C1)Cc1c-4c2c(c4c1-c1c5c(c6c(c1C4)CCC6)CCC5)-c1c4c(c5c(c1C2)CCC5)CCC4)CCC3. The maximum absolute atomic E-state index is 1.82. The molecule has 0 unspecified atom stereocenters. The Morgan fingerprint density at radius 1 is 0.156 bits per heavy atom. The standard InChI is InChI=1S/C45H42/c1-7-22-25-10-4-16-31(25)40-34(28(22)13-1)19-37-43(40)38-20-35-29-14-2-9-24(29)27-12-6-18-33(27)42(35)45(38)39-21-36-30-15-3-8-23(30)26-11-5-17-32(26)41(36)44(37)39/h1-21H2. The van der Waals surface area contributed by atoms with Crippen LogP contribution in [0.5, 0.6) is 0 Å². The molecule has 0 aliphatic heterocycles. The summed E-state index contributed by atoms with van der Waals surface area (Å²) in [5, 5.41) is 0. The first-order chi connectivity index (χ1) is 22.3. The van der Waals surface area contributed by atoms with Gasteiger partial charge in [-0.05, 0) is 268 Å². The highest BCUT2D eigenvalue weighted by atomic mass is 14.5. The predicted molar refractivity (Wildman–Crippen MR) is 183 cm³/mol. The molecule has 0 saturated heterocycles. The van der Waals surface area contributed by atoms with Crippen molar-refractivity contribution in [2.75, 3.05) is 0 Å². The maximum Gasteiger partial charge on any atom is -0.000412 e. The van der Waals surface area contributed by atoms with Crippen molar-refractivity contribution >= 4 is 0 Å². The Labute approximate surface area is 267 Å². The average molecular weight is 583 g/mol. The smallest absolute Gasteiger partial charge is 0.000412 e. The lowest BCUT2D eigenvalue weighted by Gasteiger charge is -2.21. The van der Waals surface area contributed by atoms with Gasteiger partial charge in [-0.1, -0.05) is 0 Å². The third kappa shape index (κ3) is 2.64. The quantitative estimate of drug-likeness (QED) is 0.167. The highest BCUT2D eigenvalue weighted by Crippen LogP contribution is 2.62. The van der Waals surface area contributed by atoms with E-state index in [2.05, 4.69) is 0 Å². The van der Waals surface area contributed by atoms with Crippen LogP contribution in [0.15, 0.2) is 0 Å². The molecule has 0 N–H and O–H groups in total. The molecule has 4 aromatic rings. The van der Waals surface area contributed by atoms with E-state index in [-0.39, 0.29) is 0 Å². The molecule has 0 saturated carbocycles. The molecule has 0 aromatic heterocycles. The molecule has 0 fully saturated rings. The van der Waals surface area contributed by atoms with E-state index in [9.17, 15) is 0 Å². The van der Waals surface area contributed by atoms with Gasteiger partial charge in [-0.15, -0.1) is 0 Å². The fourth-order valence-corrected chi connectivity index (χ4v) is 13.7. The molecule has 45 heavy (non-hydrogen) atoms. The van der Waals surface area contributed by atoms with E-state index < -0.39 is 0 Å². The number of rotatable bonds is 0. The van der Waals surface area contributed by atoms with Crippen molar-refractivity contribution in [2.24, 2.45) is 0 Å². The molecule has 0 spiro atoms. The fourth-order valence-electron chi connectivity index (χ4n) is 13.7. The van der Waals surface area contributed by atoms with Gasteiger partial charge in [0.15, 0.2) is 0 Å². The molecular formula is C45H42. The van der Waals surface area contributed by atoms with Crippen LogP contribution in [0.2, 0.25) is 0 Å². The zero-order chi connectivity index (χ0) is 28.7. The predicted octanol–water partition coefficient (Wildman–Crippen LogP) is 9.33. The summed E-state index contributed by atoms with van der Waals surface area (Å²) in [5.74, 6) is 0. The molecule has 4 aromatic carbocycles. The van der Waals surface area contributed by atoms with Gasteiger partial charge in [0, 0.05) is 0 Å². The molecule has 0 radical (unpaired) electrons. The highest BCUT2D eigenvalue weighted by molar-refractivity contribution is 6.04. The second-order valence-corrected chi connectivity index (χ2v) is 16.5. The number of hydrogen-bond acceptors (Lipinski definition) is 0. The summed E-state index contributed by atoms with van der Waals surface area (Å²) in [6.45, 7) is 0. The number of benzene rings is 4. The zero-order valence-electron chi connectivity index (χ0n) is 26.8. The van der Waals surface area contributed by atoms with Gasteiger partial charge >= 0.3 is 0 Å². The Morgan fingerprint density at radius 2 is 0.333 bits per heavy atom. The van der Waals surface area contributed by atoms with E-state index in [0.717, 1.165) is 0 Å². The van der Waals surface area contributed by atoms with Crippen LogP contribution in [-0.4, -0.2) is 0 Å². The van der Waals surface area contributed by atoms with Crippen LogP contribution < -0.4 is 0 Å². The van der Waals surface area contributed by atoms with E-state index in [1.54, 1.807) is 50.1 Å². The average Bonchev–Trinajstić information content (AvgIpc) is 3.89. The lowest BCUT2D eigenvalue weighted by Crippen LogP contribution is -2.01. The van der Waals surface area contributed by atoms with Crippen LogP contribution in [-0.2, 0) is 96.3 Å². The van der Waals surface area contributed by atoms with Crippen molar-refractivity contribution in [3.05, 3.63) is 100 Å². The minimum atomic E-state index is 1.23. The molecule has 9 aliphatic rings. The molecule has 0 amide bonds. The Kier molecular flexibility index (Phi) is 4.31. The first-order valence-electron chi connectivity index (χ1n) is 19.1. The summed E-state index contributed by atoms with van der Waals surface area (Å²) in [7, 11) is 0. The Balaban J connectivity index is 1.20. The molecule has 0 atom stereocenters. The summed E-state index contributed by atoms with van der Waals surface area (Å²) in [5.41, 5.74) is 43.4. The molecule has 0 heterocycles. The largest absolute Gasteiger partial charge is 0.0451 e. The van der Waals surface area contributed by atoms with Crippen molar-refractivity contribution in [3.8, 4) is 33.4 Å². The van der Waals surface area contributed by atoms with Gasteiger partial charge in [-0.25, -0.2) is 0 Å². The molecule has 0 heteroatoms. The molecule has 0 bridgehead atoms. The maximum atomic E-state index is 1.82. The van der Waals surface area contributed by atoms with Crippen LogP contribution in [0.4, 0.5) is 0 Å². The normalized spacial score (nSPS) is 20.8. The van der Waals surface area contributed by atoms with Gasteiger partial charge in [0.1, 0.15) is 0 Å². The number of fused-ring (bicyclic) bond motifs is 27. The van der Waals surface area contributed by atoms with Gasteiger partial charge in [0.05, 0.1) is 0 Å². The summed E-state index contributed by atoms with van der Waals surface area (Å²) >= 11 is 0. The van der Waals surface area contributed by atoms with Gasteiger partial charge < -0.3 is 0 Å². The van der Waals surface area contributed by atoms with Gasteiger partial charge in [-0.3, -0.25) is 0 Å². The first kappa shape index (κ1) is 24.1. The van der Waals surface area contributed by atoms with Crippen LogP contribution in [0.1, 0.15) is 139 Å². The van der Waals surface area contributed by atoms with E-state index in [0.29, 0.717) is 0 Å². The third-order valence-corrected chi connectivity index (χ3v) is 14.9. The Bertz CT molecular complexity index is 1910. The summed E-state index contributed by atoms with van der Waals surface area (Å²) in [6.07, 6.45) is 28.1. The lowest BCUT2D eigenvalue weighted by atomic mass is 9.82. The van der Waals surface area contributed by atoms with Gasteiger partial charge in [-0.2, -0.15) is 0 Å². The Morgan fingerprint density at radius 3 is 0.600 bits per heavy atom. The molecular weight excluding hydrogens is 540 g/mol. The van der Waals surface area contributed by atoms with Crippen LogP contribution >= 0.6 is 0 Å². The highest BCUT2D eigenvalue weighted by Gasteiger charge is 2.45. The second kappa shape index (κ2) is 8.05. The summed E-state index contributed by atoms with van der Waals surface area (Å²) < 4.78 is 0. The van der Waals surface area contributed by atoms with E-state index in [1.807, 2.05) is 83.5 Å². The van der Waals surface area contributed by atoms with E-state index >= 15 is 0 Å². The van der Waals surface area contributed by atoms with E-state index in [4.69, 9.17) is 0 Å². The van der Waals surface area contributed by atoms with Gasteiger partial charge in [0.2, 0.25) is 0 Å². The first-order valence-corrected chi connectivity index (χ1v) is 19.1. The summed E-state index contributed by atoms with van der Waals surface area (Å²) in [6, 6.07) is 0. The van der Waals surface area contributed by atoms with Gasteiger partial charge in [0.25, 0.3) is 0 Å². The minimum Gasteiger partial charge on any atom is -0.0451 e. The van der Waals surface area contributed by atoms with Crippen molar-refractivity contribution in [3.63, 3.8) is 0 Å². The molecule has 222 valence electrons. The van der Waals surface area contributed by atoms with Crippen LogP contribution in [0, 0.1) is 0 Å². The Hall–Kier alpha value is -3.12. The molecule has 9 aliphatic carbocycles. The minimum absolute atomic E-state index is 1.23. The van der Waals surface area contributed by atoms with Crippen molar-refractivity contribution in [1.82, 2.24) is 0 Å². The molecule has 13 rings (SSSR count). The second-order valence-electron chi connectivity index (χ2n) is 16.5. The van der Waals surface area contributed by atoms with Crippen molar-refractivity contribution < 1.29 is 0 Å². The lowest BCUT2D eigenvalue weighted by molar-refractivity contribution is 0.886. The summed E-state index contributed by atoms with van der Waals surface area (Å²) in [4.78, 5) is 0. The third-order valence-electron chi connectivity index (χ3n) is 14.9. The van der Waals surface area contributed by atoms with Crippen LogP contribution in [0.3, 0.4) is 0 Å².